The zero-order chi connectivity index (χ0) is 15.8. The molecule has 22 heavy (non-hydrogen) atoms. The Kier molecular flexibility index (Phi) is 7.11. The maximum Gasteiger partial charge on any atom is 0.252 e. The lowest BCUT2D eigenvalue weighted by Gasteiger charge is -2.08. The third-order valence-corrected chi connectivity index (χ3v) is 4.31. The smallest absolute Gasteiger partial charge is 0.252 e. The topological polar surface area (TPSA) is 67.4 Å². The Balaban J connectivity index is 1.55. The fourth-order valence-corrected chi connectivity index (χ4v) is 2.53. The van der Waals surface area contributed by atoms with E-state index in [1.807, 2.05) is 12.1 Å². The Labute approximate surface area is 144 Å². The molecule has 120 valence electrons. The Morgan fingerprint density at radius 3 is 2.73 bits per heavy atom. The highest BCUT2D eigenvalue weighted by Crippen LogP contribution is 2.28. The summed E-state index contributed by atoms with van der Waals surface area (Å²) in [5.41, 5.74) is 0.587. The molecule has 5 nitrogen and oxygen atoms in total. The van der Waals surface area contributed by atoms with Gasteiger partial charge in [0.1, 0.15) is 0 Å². The number of rotatable bonds is 9. The van der Waals surface area contributed by atoms with Crippen LogP contribution in [0.3, 0.4) is 0 Å². The number of hydrogen-bond acceptors (Lipinski definition) is 3. The number of carbonyl (C=O) groups excluding carboxylic acids is 2. The van der Waals surface area contributed by atoms with E-state index in [4.69, 9.17) is 4.74 Å². The average Bonchev–Trinajstić information content (AvgIpc) is 3.33. The molecule has 0 atom stereocenters. The van der Waals surface area contributed by atoms with E-state index in [2.05, 4.69) is 33.2 Å². The van der Waals surface area contributed by atoms with Crippen LogP contribution in [0.5, 0.6) is 0 Å². The number of carbonyl (C=O) groups is 2. The highest BCUT2D eigenvalue weighted by Gasteiger charge is 2.20. The molecule has 1 aromatic carbocycles. The van der Waals surface area contributed by atoms with Gasteiger partial charge in [0, 0.05) is 23.3 Å². The van der Waals surface area contributed by atoms with Gasteiger partial charge >= 0.3 is 0 Å². The maximum atomic E-state index is 11.9. The molecule has 2 amide bonds. The van der Waals surface area contributed by atoms with Crippen LogP contribution in [0, 0.1) is 9.49 Å². The Hall–Kier alpha value is -1.15. The van der Waals surface area contributed by atoms with Crippen molar-refractivity contribution in [3.8, 4) is 0 Å². The van der Waals surface area contributed by atoms with Gasteiger partial charge in [0.05, 0.1) is 12.1 Å². The molecule has 0 saturated heterocycles. The summed E-state index contributed by atoms with van der Waals surface area (Å²) in [6.07, 6.45) is 3.37. The van der Waals surface area contributed by atoms with Crippen molar-refractivity contribution in [1.82, 2.24) is 10.6 Å². The van der Waals surface area contributed by atoms with Crippen molar-refractivity contribution < 1.29 is 14.3 Å². The molecule has 1 fully saturated rings. The van der Waals surface area contributed by atoms with E-state index in [-0.39, 0.29) is 18.4 Å². The van der Waals surface area contributed by atoms with Crippen LogP contribution in [0.25, 0.3) is 0 Å². The first-order valence-electron chi connectivity index (χ1n) is 7.54. The van der Waals surface area contributed by atoms with Gasteiger partial charge in [0.15, 0.2) is 0 Å². The molecule has 0 bridgehead atoms. The minimum absolute atomic E-state index is 0.00720. The molecule has 0 unspecified atom stereocenters. The molecule has 6 heteroatoms. The van der Waals surface area contributed by atoms with Crippen LogP contribution in [0.15, 0.2) is 24.3 Å². The minimum Gasteiger partial charge on any atom is -0.381 e. The van der Waals surface area contributed by atoms with E-state index >= 15 is 0 Å². The largest absolute Gasteiger partial charge is 0.381 e. The van der Waals surface area contributed by atoms with E-state index in [1.54, 1.807) is 12.1 Å². The molecular formula is C16H21IN2O3. The second-order valence-electron chi connectivity index (χ2n) is 5.38. The number of halogens is 1. The van der Waals surface area contributed by atoms with Crippen LogP contribution < -0.4 is 10.6 Å². The van der Waals surface area contributed by atoms with E-state index in [0.717, 1.165) is 22.5 Å². The van der Waals surface area contributed by atoms with Crippen molar-refractivity contribution in [1.29, 1.82) is 0 Å². The van der Waals surface area contributed by atoms with Crippen LogP contribution in [-0.2, 0) is 9.53 Å². The van der Waals surface area contributed by atoms with Crippen LogP contribution in [0.1, 0.15) is 29.6 Å². The summed E-state index contributed by atoms with van der Waals surface area (Å²) >= 11 is 2.10. The zero-order valence-electron chi connectivity index (χ0n) is 12.4. The second kappa shape index (κ2) is 9.09. The first-order chi connectivity index (χ1) is 10.7. The van der Waals surface area contributed by atoms with Crippen molar-refractivity contribution >= 4 is 34.4 Å². The van der Waals surface area contributed by atoms with Crippen molar-refractivity contribution in [2.75, 3.05) is 26.3 Å². The molecule has 1 aromatic rings. The molecule has 1 saturated carbocycles. The van der Waals surface area contributed by atoms with E-state index in [0.29, 0.717) is 18.7 Å². The van der Waals surface area contributed by atoms with Crippen LogP contribution in [-0.4, -0.2) is 38.1 Å². The molecule has 0 spiro atoms. The molecule has 0 aliphatic heterocycles. The van der Waals surface area contributed by atoms with Crippen molar-refractivity contribution in [3.05, 3.63) is 33.4 Å². The molecule has 0 aromatic heterocycles. The highest BCUT2D eigenvalue weighted by molar-refractivity contribution is 14.1. The molecule has 0 radical (unpaired) electrons. The quantitative estimate of drug-likeness (QED) is 0.478. The number of hydrogen-bond donors (Lipinski definition) is 2. The number of amides is 2. The zero-order valence-corrected chi connectivity index (χ0v) is 14.6. The molecule has 2 rings (SSSR count). The Morgan fingerprint density at radius 1 is 1.23 bits per heavy atom. The van der Waals surface area contributed by atoms with Crippen LogP contribution in [0.2, 0.25) is 0 Å². The monoisotopic (exact) mass is 416 g/mol. The van der Waals surface area contributed by atoms with Gasteiger partial charge in [-0.1, -0.05) is 12.1 Å². The van der Waals surface area contributed by atoms with Gasteiger partial charge in [0.25, 0.3) is 5.91 Å². The molecule has 1 aliphatic rings. The Morgan fingerprint density at radius 2 is 2.00 bits per heavy atom. The predicted molar refractivity (Wildman–Crippen MR) is 92.7 cm³/mol. The van der Waals surface area contributed by atoms with Gasteiger partial charge in [-0.25, -0.2) is 0 Å². The summed E-state index contributed by atoms with van der Waals surface area (Å²) in [7, 11) is 0. The summed E-state index contributed by atoms with van der Waals surface area (Å²) in [6.45, 7) is 2.08. The summed E-state index contributed by atoms with van der Waals surface area (Å²) in [5.74, 6) is 0.361. The fourth-order valence-electron chi connectivity index (χ4n) is 1.90. The Bertz CT molecular complexity index is 518. The lowest BCUT2D eigenvalue weighted by molar-refractivity contribution is -0.120. The molecule has 1 aliphatic carbocycles. The van der Waals surface area contributed by atoms with Gasteiger partial charge in [-0.15, -0.1) is 0 Å². The van der Waals surface area contributed by atoms with Gasteiger partial charge in [-0.2, -0.15) is 0 Å². The SMILES string of the molecule is O=C(CNC(=O)c1ccccc1I)NCCCOCC1CC1. The summed E-state index contributed by atoms with van der Waals surface area (Å²) in [4.78, 5) is 23.6. The van der Waals surface area contributed by atoms with Gasteiger partial charge in [0.2, 0.25) is 5.91 Å². The van der Waals surface area contributed by atoms with Gasteiger partial charge < -0.3 is 15.4 Å². The van der Waals surface area contributed by atoms with E-state index < -0.39 is 0 Å². The molecule has 0 heterocycles. The van der Waals surface area contributed by atoms with Crippen molar-refractivity contribution in [2.24, 2.45) is 5.92 Å². The first-order valence-corrected chi connectivity index (χ1v) is 8.62. The highest BCUT2D eigenvalue weighted by atomic mass is 127. The third-order valence-electron chi connectivity index (χ3n) is 3.37. The predicted octanol–water partition coefficient (Wildman–Crippen LogP) is 1.95. The van der Waals surface area contributed by atoms with Crippen molar-refractivity contribution in [3.63, 3.8) is 0 Å². The molecular weight excluding hydrogens is 395 g/mol. The normalized spacial score (nSPS) is 13.7. The van der Waals surface area contributed by atoms with Crippen LogP contribution in [0.4, 0.5) is 0 Å². The van der Waals surface area contributed by atoms with Gasteiger partial charge in [-0.3, -0.25) is 9.59 Å². The third kappa shape index (κ3) is 6.31. The standard InChI is InChI=1S/C16H21IN2O3/c17-14-5-2-1-4-13(14)16(21)19-10-15(20)18-8-3-9-22-11-12-6-7-12/h1-2,4-5,12H,3,6-11H2,(H,18,20)(H,19,21). The van der Waals surface area contributed by atoms with Crippen LogP contribution >= 0.6 is 22.6 Å². The number of nitrogens with one attached hydrogen (secondary N) is 2. The average molecular weight is 416 g/mol. The second-order valence-corrected chi connectivity index (χ2v) is 6.55. The van der Waals surface area contributed by atoms with E-state index in [1.165, 1.54) is 12.8 Å². The summed E-state index contributed by atoms with van der Waals surface area (Å²) in [6, 6.07) is 7.28. The van der Waals surface area contributed by atoms with Crippen molar-refractivity contribution in [2.45, 2.75) is 19.3 Å². The van der Waals surface area contributed by atoms with E-state index in [9.17, 15) is 9.59 Å². The lowest BCUT2D eigenvalue weighted by Crippen LogP contribution is -2.37. The van der Waals surface area contributed by atoms with Gasteiger partial charge in [-0.05, 0) is 59.9 Å². The first kappa shape index (κ1) is 17.2. The number of ether oxygens (including phenoxy) is 1. The molecule has 2 N–H and O–H groups in total. The number of benzene rings is 1. The fraction of sp³-hybridized carbons (Fsp3) is 0.500. The minimum atomic E-state index is -0.229. The maximum absolute atomic E-state index is 11.9. The summed E-state index contributed by atoms with van der Waals surface area (Å²) < 4.78 is 6.35. The summed E-state index contributed by atoms with van der Waals surface area (Å²) in [5, 5.41) is 5.40. The lowest BCUT2D eigenvalue weighted by atomic mass is 10.2.